The third-order valence-electron chi connectivity index (χ3n) is 1.82. The summed E-state index contributed by atoms with van der Waals surface area (Å²) in [5, 5.41) is 0. The molecule has 0 saturated carbocycles. The maximum Gasteiger partial charge on any atom is 0.294 e. The first-order chi connectivity index (χ1) is 6.21. The van der Waals surface area contributed by atoms with Crippen LogP contribution in [-0.4, -0.2) is 13.0 Å². The molecule has 0 radical (unpaired) electrons. The van der Waals surface area contributed by atoms with Crippen molar-refractivity contribution in [2.45, 2.75) is 22.2 Å². The van der Waals surface area contributed by atoms with E-state index in [1.54, 1.807) is 6.07 Å². The number of hydrogen-bond donors (Lipinski definition) is 1. The number of alkyl halides is 1. The van der Waals surface area contributed by atoms with Gasteiger partial charge >= 0.3 is 0 Å². The molecule has 3 nitrogen and oxygen atoms in total. The zero-order chi connectivity index (χ0) is 11.0. The van der Waals surface area contributed by atoms with Crippen LogP contribution in [0.4, 0.5) is 0 Å². The van der Waals surface area contributed by atoms with Crippen molar-refractivity contribution in [3.63, 3.8) is 0 Å². The van der Waals surface area contributed by atoms with Gasteiger partial charge in [-0.15, -0.1) is 0 Å². The van der Waals surface area contributed by atoms with Gasteiger partial charge in [0.1, 0.15) is 0 Å². The van der Waals surface area contributed by atoms with Crippen molar-refractivity contribution in [1.29, 1.82) is 0 Å². The Labute approximate surface area is 97.4 Å². The van der Waals surface area contributed by atoms with Crippen molar-refractivity contribution in [2.75, 3.05) is 0 Å². The lowest BCUT2D eigenvalue weighted by Gasteiger charge is -2.17. The van der Waals surface area contributed by atoms with Crippen LogP contribution in [0.5, 0.6) is 0 Å². The van der Waals surface area contributed by atoms with Crippen LogP contribution in [-0.2, 0) is 13.5 Å². The fourth-order valence-corrected chi connectivity index (χ4v) is 1.89. The third kappa shape index (κ3) is 2.93. The molecule has 0 fully saturated rings. The lowest BCUT2D eigenvalue weighted by atomic mass is 10.0. The molecule has 0 aliphatic heterocycles. The second kappa shape index (κ2) is 3.79. The van der Waals surface area contributed by atoms with Crippen molar-refractivity contribution in [1.82, 2.24) is 0 Å². The van der Waals surface area contributed by atoms with Gasteiger partial charge in [-0.25, -0.2) is 0 Å². The van der Waals surface area contributed by atoms with Crippen LogP contribution in [0.3, 0.4) is 0 Å². The summed E-state index contributed by atoms with van der Waals surface area (Å²) in [5.41, 5.74) is 0.869. The molecule has 5 heteroatoms. The molecule has 78 valence electrons. The van der Waals surface area contributed by atoms with Gasteiger partial charge in [-0.3, -0.25) is 4.55 Å². The lowest BCUT2D eigenvalue weighted by molar-refractivity contribution is 0.483. The van der Waals surface area contributed by atoms with E-state index in [1.807, 2.05) is 19.9 Å². The van der Waals surface area contributed by atoms with Crippen LogP contribution in [0.2, 0.25) is 0 Å². The molecule has 1 aromatic carbocycles. The Hall–Kier alpha value is -0.140. The van der Waals surface area contributed by atoms with Gasteiger partial charge in [0, 0.05) is 3.42 Å². The fourth-order valence-electron chi connectivity index (χ4n) is 1.03. The molecule has 0 saturated heterocycles. The van der Waals surface area contributed by atoms with Crippen molar-refractivity contribution < 1.29 is 13.0 Å². The number of halogens is 1. The second-order valence-electron chi connectivity index (χ2n) is 3.48. The fraction of sp³-hybridized carbons (Fsp3) is 0.333. The molecule has 0 aliphatic rings. The zero-order valence-corrected chi connectivity index (χ0v) is 10.8. The summed E-state index contributed by atoms with van der Waals surface area (Å²) in [6, 6.07) is 6.32. The van der Waals surface area contributed by atoms with E-state index in [9.17, 15) is 8.42 Å². The highest BCUT2D eigenvalue weighted by Crippen LogP contribution is 2.31. The van der Waals surface area contributed by atoms with Gasteiger partial charge in [0.25, 0.3) is 10.1 Å². The average molecular weight is 326 g/mol. The van der Waals surface area contributed by atoms with Crippen molar-refractivity contribution in [3.8, 4) is 0 Å². The van der Waals surface area contributed by atoms with Gasteiger partial charge in [0.2, 0.25) is 0 Å². The van der Waals surface area contributed by atoms with E-state index >= 15 is 0 Å². The first-order valence-electron chi connectivity index (χ1n) is 3.98. The molecule has 0 spiro atoms. The van der Waals surface area contributed by atoms with E-state index in [0.717, 1.165) is 5.56 Å². The molecule has 0 atom stereocenters. The summed E-state index contributed by atoms with van der Waals surface area (Å²) in [6.07, 6.45) is 0. The number of rotatable bonds is 2. The summed E-state index contributed by atoms with van der Waals surface area (Å²) in [6.45, 7) is 3.94. The van der Waals surface area contributed by atoms with Crippen LogP contribution in [0.25, 0.3) is 0 Å². The number of benzene rings is 1. The van der Waals surface area contributed by atoms with Gasteiger partial charge in [-0.1, -0.05) is 34.7 Å². The molecule has 0 aliphatic carbocycles. The van der Waals surface area contributed by atoms with Crippen LogP contribution in [0.15, 0.2) is 29.2 Å². The van der Waals surface area contributed by atoms with Crippen molar-refractivity contribution in [2.24, 2.45) is 0 Å². The summed E-state index contributed by atoms with van der Waals surface area (Å²) in [4.78, 5) is -0.0558. The Morgan fingerprint density at radius 3 is 2.36 bits per heavy atom. The highest BCUT2D eigenvalue weighted by atomic mass is 127. The van der Waals surface area contributed by atoms with E-state index < -0.39 is 10.1 Å². The first-order valence-corrected chi connectivity index (χ1v) is 6.50. The molecular formula is C9H11IO3S. The summed E-state index contributed by atoms with van der Waals surface area (Å²) >= 11 is 2.21. The Morgan fingerprint density at radius 2 is 1.93 bits per heavy atom. The van der Waals surface area contributed by atoms with Gasteiger partial charge in [0.05, 0.1) is 4.90 Å². The maximum atomic E-state index is 10.9. The molecule has 0 unspecified atom stereocenters. The van der Waals surface area contributed by atoms with Gasteiger partial charge in [0.15, 0.2) is 0 Å². The van der Waals surface area contributed by atoms with Gasteiger partial charge in [-0.05, 0) is 31.5 Å². The van der Waals surface area contributed by atoms with E-state index in [1.165, 1.54) is 12.1 Å². The second-order valence-corrected chi connectivity index (χ2v) is 7.59. The molecule has 1 aromatic rings. The lowest BCUT2D eigenvalue weighted by Crippen LogP contribution is -2.08. The minimum absolute atomic E-state index is 0.0558. The third-order valence-corrected chi connectivity index (χ3v) is 3.29. The molecular weight excluding hydrogens is 315 g/mol. The largest absolute Gasteiger partial charge is 0.294 e. The van der Waals surface area contributed by atoms with Crippen LogP contribution < -0.4 is 0 Å². The van der Waals surface area contributed by atoms with Gasteiger partial charge < -0.3 is 0 Å². The highest BCUT2D eigenvalue weighted by Gasteiger charge is 2.18. The van der Waals surface area contributed by atoms with Crippen LogP contribution >= 0.6 is 22.6 Å². The van der Waals surface area contributed by atoms with E-state index in [0.29, 0.717) is 0 Å². The molecule has 0 aromatic heterocycles. The average Bonchev–Trinajstić information content (AvgIpc) is 2.01. The Morgan fingerprint density at radius 1 is 1.36 bits per heavy atom. The SMILES string of the molecule is CC(C)(I)c1cccc(S(=O)(=O)O)c1. The molecule has 0 bridgehead atoms. The van der Waals surface area contributed by atoms with E-state index in [2.05, 4.69) is 22.6 Å². The van der Waals surface area contributed by atoms with Crippen LogP contribution in [0, 0.1) is 0 Å². The Kier molecular flexibility index (Phi) is 3.23. The Balaban J connectivity index is 3.29. The molecule has 1 N–H and O–H groups in total. The highest BCUT2D eigenvalue weighted by molar-refractivity contribution is 14.1. The minimum Gasteiger partial charge on any atom is -0.282 e. The van der Waals surface area contributed by atoms with Crippen molar-refractivity contribution in [3.05, 3.63) is 29.8 Å². The Bertz CT molecular complexity index is 432. The van der Waals surface area contributed by atoms with Crippen LogP contribution in [0.1, 0.15) is 19.4 Å². The molecule has 0 heterocycles. The predicted molar refractivity (Wildman–Crippen MR) is 63.3 cm³/mol. The molecule has 0 amide bonds. The predicted octanol–water partition coefficient (Wildman–Crippen LogP) is 2.60. The topological polar surface area (TPSA) is 54.4 Å². The maximum absolute atomic E-state index is 10.9. The molecule has 1 rings (SSSR count). The standard InChI is InChI=1S/C9H11IO3S/c1-9(2,10)7-4-3-5-8(6-7)14(11,12)13/h3-6H,1-2H3,(H,11,12,13). The van der Waals surface area contributed by atoms with Gasteiger partial charge in [-0.2, -0.15) is 8.42 Å². The first kappa shape index (κ1) is 11.9. The normalized spacial score (nSPS) is 12.9. The number of hydrogen-bond acceptors (Lipinski definition) is 2. The molecule has 14 heavy (non-hydrogen) atoms. The van der Waals surface area contributed by atoms with E-state index in [-0.39, 0.29) is 8.32 Å². The minimum atomic E-state index is -4.09. The summed E-state index contributed by atoms with van der Waals surface area (Å²) < 4.78 is 30.4. The quantitative estimate of drug-likeness (QED) is 0.516. The zero-order valence-electron chi connectivity index (χ0n) is 7.86. The summed E-state index contributed by atoms with van der Waals surface area (Å²) in [5.74, 6) is 0. The summed E-state index contributed by atoms with van der Waals surface area (Å²) in [7, 11) is -4.09. The van der Waals surface area contributed by atoms with E-state index in [4.69, 9.17) is 4.55 Å². The van der Waals surface area contributed by atoms with Crippen molar-refractivity contribution >= 4 is 32.7 Å². The smallest absolute Gasteiger partial charge is 0.282 e. The monoisotopic (exact) mass is 326 g/mol.